The summed E-state index contributed by atoms with van der Waals surface area (Å²) in [6.07, 6.45) is 0. The normalized spacial score (nSPS) is 12.2. The number of benzene rings is 1. The van der Waals surface area contributed by atoms with Crippen molar-refractivity contribution in [3.05, 3.63) is 29.3 Å². The Morgan fingerprint density at radius 2 is 2.25 bits per heavy atom. The molecule has 0 radical (unpaired) electrons. The molecule has 1 aromatic rings. The summed E-state index contributed by atoms with van der Waals surface area (Å²) in [4.78, 5) is 11.0. The summed E-state index contributed by atoms with van der Waals surface area (Å²) < 4.78 is 5.34. The Hall–Kier alpha value is -1.55. The molecule has 1 rings (SSSR count). The second-order valence-corrected chi connectivity index (χ2v) is 3.58. The van der Waals surface area contributed by atoms with Gasteiger partial charge in [-0.1, -0.05) is 6.07 Å². The molecule has 88 valence electrons. The van der Waals surface area contributed by atoms with Crippen LogP contribution in [0.1, 0.15) is 24.0 Å². The molecular formula is C12H17NO3. The molecule has 4 heteroatoms. The number of aliphatic carboxylic acids is 1. The fourth-order valence-corrected chi connectivity index (χ4v) is 1.66. The maximum Gasteiger partial charge on any atom is 0.312 e. The van der Waals surface area contributed by atoms with Crippen LogP contribution < -0.4 is 10.5 Å². The Morgan fingerprint density at radius 3 is 2.69 bits per heavy atom. The van der Waals surface area contributed by atoms with Gasteiger partial charge in [0, 0.05) is 6.54 Å². The van der Waals surface area contributed by atoms with Crippen LogP contribution in [0.2, 0.25) is 0 Å². The molecule has 0 heterocycles. The van der Waals surface area contributed by atoms with Gasteiger partial charge in [-0.15, -0.1) is 0 Å². The third-order valence-electron chi connectivity index (χ3n) is 2.46. The van der Waals surface area contributed by atoms with Crippen molar-refractivity contribution in [2.45, 2.75) is 19.8 Å². The van der Waals surface area contributed by atoms with Crippen LogP contribution in [0.5, 0.6) is 5.75 Å². The molecule has 3 N–H and O–H groups in total. The summed E-state index contributed by atoms with van der Waals surface area (Å²) >= 11 is 0. The molecule has 0 amide bonds. The lowest BCUT2D eigenvalue weighted by molar-refractivity contribution is -0.138. The first-order valence-corrected chi connectivity index (χ1v) is 5.26. The summed E-state index contributed by atoms with van der Waals surface area (Å²) in [5.74, 6) is -0.782. The van der Waals surface area contributed by atoms with E-state index in [1.54, 1.807) is 12.1 Å². The average Bonchev–Trinajstić information content (AvgIpc) is 2.22. The van der Waals surface area contributed by atoms with Crippen LogP contribution in [0.4, 0.5) is 0 Å². The number of carboxylic acids is 1. The predicted octanol–water partition coefficient (Wildman–Crippen LogP) is 1.52. The van der Waals surface area contributed by atoms with E-state index >= 15 is 0 Å². The number of nitrogens with two attached hydrogens (primary N) is 1. The lowest BCUT2D eigenvalue weighted by atomic mass is 9.95. The molecule has 0 fully saturated rings. The monoisotopic (exact) mass is 223 g/mol. The van der Waals surface area contributed by atoms with E-state index in [9.17, 15) is 4.79 Å². The van der Waals surface area contributed by atoms with Crippen LogP contribution in [0.25, 0.3) is 0 Å². The van der Waals surface area contributed by atoms with Crippen molar-refractivity contribution in [1.82, 2.24) is 0 Å². The summed E-state index contributed by atoms with van der Waals surface area (Å²) in [6.45, 7) is 4.47. The van der Waals surface area contributed by atoms with Crippen molar-refractivity contribution in [2.75, 3.05) is 13.2 Å². The topological polar surface area (TPSA) is 72.5 Å². The van der Waals surface area contributed by atoms with E-state index < -0.39 is 11.9 Å². The van der Waals surface area contributed by atoms with E-state index in [0.29, 0.717) is 6.61 Å². The van der Waals surface area contributed by atoms with Gasteiger partial charge in [-0.2, -0.15) is 0 Å². The van der Waals surface area contributed by atoms with Crippen LogP contribution >= 0.6 is 0 Å². The Labute approximate surface area is 95.0 Å². The van der Waals surface area contributed by atoms with Crippen LogP contribution in [-0.4, -0.2) is 24.2 Å². The van der Waals surface area contributed by atoms with Gasteiger partial charge in [-0.3, -0.25) is 4.79 Å². The van der Waals surface area contributed by atoms with Crippen LogP contribution in [-0.2, 0) is 4.79 Å². The minimum Gasteiger partial charge on any atom is -0.494 e. The van der Waals surface area contributed by atoms with Gasteiger partial charge in [0.2, 0.25) is 0 Å². The smallest absolute Gasteiger partial charge is 0.312 e. The molecule has 0 spiro atoms. The first-order chi connectivity index (χ1) is 7.60. The summed E-state index contributed by atoms with van der Waals surface area (Å²) in [5.41, 5.74) is 7.10. The molecule has 0 aliphatic rings. The van der Waals surface area contributed by atoms with Crippen molar-refractivity contribution >= 4 is 5.97 Å². The van der Waals surface area contributed by atoms with E-state index in [1.807, 2.05) is 19.9 Å². The largest absolute Gasteiger partial charge is 0.494 e. The zero-order valence-corrected chi connectivity index (χ0v) is 9.56. The fraction of sp³-hybridized carbons (Fsp3) is 0.417. The summed E-state index contributed by atoms with van der Waals surface area (Å²) in [5, 5.41) is 9.01. The molecule has 16 heavy (non-hydrogen) atoms. The van der Waals surface area contributed by atoms with E-state index in [4.69, 9.17) is 15.6 Å². The molecule has 1 atom stereocenters. The van der Waals surface area contributed by atoms with Crippen LogP contribution in [0.15, 0.2) is 18.2 Å². The van der Waals surface area contributed by atoms with Crippen molar-refractivity contribution in [3.63, 3.8) is 0 Å². The molecule has 0 saturated carbocycles. The Kier molecular flexibility index (Phi) is 4.31. The van der Waals surface area contributed by atoms with E-state index in [0.717, 1.165) is 16.9 Å². The van der Waals surface area contributed by atoms with Gasteiger partial charge in [0.15, 0.2) is 0 Å². The third-order valence-corrected chi connectivity index (χ3v) is 2.46. The molecule has 0 bridgehead atoms. The van der Waals surface area contributed by atoms with E-state index in [2.05, 4.69) is 0 Å². The average molecular weight is 223 g/mol. The molecule has 0 aliphatic carbocycles. The van der Waals surface area contributed by atoms with Gasteiger partial charge in [-0.25, -0.2) is 0 Å². The Balaban J connectivity index is 3.01. The number of carbonyl (C=O) groups is 1. The molecule has 1 aromatic carbocycles. The number of aryl methyl sites for hydroxylation is 1. The molecule has 4 nitrogen and oxygen atoms in total. The van der Waals surface area contributed by atoms with Gasteiger partial charge in [0.05, 0.1) is 12.5 Å². The predicted molar refractivity (Wildman–Crippen MR) is 61.8 cm³/mol. The van der Waals surface area contributed by atoms with Gasteiger partial charge >= 0.3 is 5.97 Å². The van der Waals surface area contributed by atoms with Gasteiger partial charge < -0.3 is 15.6 Å². The highest BCUT2D eigenvalue weighted by atomic mass is 16.5. The highest BCUT2D eigenvalue weighted by Crippen LogP contribution is 2.23. The number of hydrogen-bond acceptors (Lipinski definition) is 3. The van der Waals surface area contributed by atoms with Gasteiger partial charge in [0.1, 0.15) is 5.75 Å². The van der Waals surface area contributed by atoms with Crippen molar-refractivity contribution < 1.29 is 14.6 Å². The molecule has 1 unspecified atom stereocenters. The zero-order chi connectivity index (χ0) is 12.1. The second kappa shape index (κ2) is 5.51. The lowest BCUT2D eigenvalue weighted by Crippen LogP contribution is -2.21. The number of rotatable bonds is 5. The molecule has 0 aromatic heterocycles. The van der Waals surface area contributed by atoms with E-state index in [-0.39, 0.29) is 6.54 Å². The maximum absolute atomic E-state index is 11.0. The van der Waals surface area contributed by atoms with Crippen molar-refractivity contribution in [3.8, 4) is 5.75 Å². The van der Waals surface area contributed by atoms with Crippen molar-refractivity contribution in [2.24, 2.45) is 5.73 Å². The minimum atomic E-state index is -0.894. The number of hydrogen-bond donors (Lipinski definition) is 2. The standard InChI is InChI=1S/C12H17NO3/c1-3-16-9-4-5-10(8(2)6-9)11(7-13)12(14)15/h4-6,11H,3,7,13H2,1-2H3,(H,14,15). The Bertz CT molecular complexity index is 377. The zero-order valence-electron chi connectivity index (χ0n) is 9.56. The summed E-state index contributed by atoms with van der Waals surface area (Å²) in [6, 6.07) is 5.38. The summed E-state index contributed by atoms with van der Waals surface area (Å²) in [7, 11) is 0. The minimum absolute atomic E-state index is 0.101. The third kappa shape index (κ3) is 2.73. The Morgan fingerprint density at radius 1 is 1.56 bits per heavy atom. The van der Waals surface area contributed by atoms with Crippen LogP contribution in [0.3, 0.4) is 0 Å². The van der Waals surface area contributed by atoms with Crippen molar-refractivity contribution in [1.29, 1.82) is 0 Å². The fourth-order valence-electron chi connectivity index (χ4n) is 1.66. The maximum atomic E-state index is 11.0. The van der Waals surface area contributed by atoms with Gasteiger partial charge in [-0.05, 0) is 37.1 Å². The first-order valence-electron chi connectivity index (χ1n) is 5.26. The van der Waals surface area contributed by atoms with Crippen LogP contribution in [0, 0.1) is 6.92 Å². The SMILES string of the molecule is CCOc1ccc(C(CN)C(=O)O)c(C)c1. The number of carboxylic acid groups (broad SMARTS) is 1. The van der Waals surface area contributed by atoms with E-state index in [1.165, 1.54) is 0 Å². The molecule has 0 saturated heterocycles. The highest BCUT2D eigenvalue weighted by Gasteiger charge is 2.19. The number of ether oxygens (including phenoxy) is 1. The first kappa shape index (κ1) is 12.5. The highest BCUT2D eigenvalue weighted by molar-refractivity contribution is 5.77. The lowest BCUT2D eigenvalue weighted by Gasteiger charge is -2.14. The van der Waals surface area contributed by atoms with Gasteiger partial charge in [0.25, 0.3) is 0 Å². The quantitative estimate of drug-likeness (QED) is 0.793. The molecule has 0 aliphatic heterocycles. The molecular weight excluding hydrogens is 206 g/mol. The second-order valence-electron chi connectivity index (χ2n) is 3.58.